The summed E-state index contributed by atoms with van der Waals surface area (Å²) >= 11 is 0. The fourth-order valence-electron chi connectivity index (χ4n) is 4.56. The summed E-state index contributed by atoms with van der Waals surface area (Å²) in [7, 11) is 0. The Kier molecular flexibility index (Phi) is 7.17. The topological polar surface area (TPSA) is 80.1 Å². The highest BCUT2D eigenvalue weighted by molar-refractivity contribution is 6.01. The number of benzene rings is 2. The van der Waals surface area contributed by atoms with Gasteiger partial charge >= 0.3 is 0 Å². The monoisotopic (exact) mass is 445 g/mol. The van der Waals surface area contributed by atoms with Gasteiger partial charge in [-0.1, -0.05) is 60.9 Å². The number of hydrogen-bond donors (Lipinski definition) is 1. The van der Waals surface area contributed by atoms with Crippen LogP contribution in [0.25, 0.3) is 0 Å². The zero-order chi connectivity index (χ0) is 23.2. The molecule has 0 spiro atoms. The number of amides is 2. The SMILES string of the molecule is Cc1cccc(N(C(=O)Cn2ccnn2)C(C(=O)NC2CCCCC2)c2ccccc2C)c1. The van der Waals surface area contributed by atoms with E-state index in [1.165, 1.54) is 11.1 Å². The van der Waals surface area contributed by atoms with Crippen molar-refractivity contribution in [1.29, 1.82) is 0 Å². The van der Waals surface area contributed by atoms with Crippen molar-refractivity contribution < 1.29 is 9.59 Å². The maximum atomic E-state index is 13.8. The smallest absolute Gasteiger partial charge is 0.249 e. The van der Waals surface area contributed by atoms with Crippen molar-refractivity contribution in [2.24, 2.45) is 0 Å². The molecule has 7 nitrogen and oxygen atoms in total. The van der Waals surface area contributed by atoms with Gasteiger partial charge in [0.1, 0.15) is 12.6 Å². The molecule has 0 saturated heterocycles. The summed E-state index contributed by atoms with van der Waals surface area (Å²) in [5, 5.41) is 11.0. The molecule has 1 N–H and O–H groups in total. The summed E-state index contributed by atoms with van der Waals surface area (Å²) in [5.74, 6) is -0.372. The summed E-state index contributed by atoms with van der Waals surface area (Å²) in [5.41, 5.74) is 3.49. The van der Waals surface area contributed by atoms with Crippen LogP contribution in [0.1, 0.15) is 54.8 Å². The first-order valence-corrected chi connectivity index (χ1v) is 11.6. The summed E-state index contributed by atoms with van der Waals surface area (Å²) in [6, 6.07) is 14.8. The Hall–Kier alpha value is -3.48. The van der Waals surface area contributed by atoms with Crippen LogP contribution >= 0.6 is 0 Å². The number of aryl methyl sites for hydroxylation is 2. The molecule has 7 heteroatoms. The second-order valence-corrected chi connectivity index (χ2v) is 8.81. The molecule has 0 bridgehead atoms. The number of carbonyl (C=O) groups is 2. The molecule has 1 aliphatic rings. The highest BCUT2D eigenvalue weighted by Gasteiger charge is 2.35. The number of nitrogens with one attached hydrogen (secondary N) is 1. The number of nitrogens with zero attached hydrogens (tertiary/aromatic N) is 4. The predicted molar refractivity (Wildman–Crippen MR) is 128 cm³/mol. The van der Waals surface area contributed by atoms with Crippen molar-refractivity contribution in [2.75, 3.05) is 4.90 Å². The third kappa shape index (κ3) is 5.48. The van der Waals surface area contributed by atoms with Crippen molar-refractivity contribution in [3.63, 3.8) is 0 Å². The van der Waals surface area contributed by atoms with Crippen LogP contribution in [-0.2, 0) is 16.1 Å². The highest BCUT2D eigenvalue weighted by Crippen LogP contribution is 2.31. The van der Waals surface area contributed by atoms with Gasteiger partial charge in [0.15, 0.2) is 0 Å². The van der Waals surface area contributed by atoms with E-state index in [-0.39, 0.29) is 24.4 Å². The average molecular weight is 446 g/mol. The van der Waals surface area contributed by atoms with E-state index in [1.54, 1.807) is 17.3 Å². The van der Waals surface area contributed by atoms with Crippen molar-refractivity contribution in [3.05, 3.63) is 77.6 Å². The number of aromatic nitrogens is 3. The predicted octanol–water partition coefficient (Wildman–Crippen LogP) is 4.12. The second-order valence-electron chi connectivity index (χ2n) is 8.81. The number of hydrogen-bond acceptors (Lipinski definition) is 4. The van der Waals surface area contributed by atoms with Crippen LogP contribution in [0.3, 0.4) is 0 Å². The Labute approximate surface area is 194 Å². The Morgan fingerprint density at radius 2 is 1.88 bits per heavy atom. The molecule has 0 aliphatic heterocycles. The van der Waals surface area contributed by atoms with Gasteiger partial charge in [-0.25, -0.2) is 4.68 Å². The van der Waals surface area contributed by atoms with Crippen molar-refractivity contribution in [1.82, 2.24) is 20.3 Å². The van der Waals surface area contributed by atoms with Gasteiger partial charge in [0, 0.05) is 17.9 Å². The van der Waals surface area contributed by atoms with E-state index in [4.69, 9.17) is 0 Å². The van der Waals surface area contributed by atoms with Gasteiger partial charge in [-0.05, 0) is 55.5 Å². The van der Waals surface area contributed by atoms with Crippen LogP contribution in [0, 0.1) is 13.8 Å². The molecule has 4 rings (SSSR count). The molecule has 1 unspecified atom stereocenters. The number of rotatable bonds is 7. The molecule has 0 radical (unpaired) electrons. The Bertz CT molecular complexity index is 1090. The summed E-state index contributed by atoms with van der Waals surface area (Å²) in [6.45, 7) is 3.95. The van der Waals surface area contributed by atoms with Crippen molar-refractivity contribution >= 4 is 17.5 Å². The van der Waals surface area contributed by atoms with Crippen LogP contribution < -0.4 is 10.2 Å². The third-order valence-corrected chi connectivity index (χ3v) is 6.26. The number of carbonyl (C=O) groups excluding carboxylic acids is 2. The second kappa shape index (κ2) is 10.4. The standard InChI is InChI=1S/C26H31N5O2/c1-19-9-8-13-22(17-19)31(24(32)18-30-16-15-27-29-30)25(23-14-7-6-10-20(23)2)26(33)28-21-11-4-3-5-12-21/h6-10,13-17,21,25H,3-5,11-12,18H2,1-2H3,(H,28,33). The normalized spacial score (nSPS) is 15.1. The van der Waals surface area contributed by atoms with Crippen LogP contribution in [0.15, 0.2) is 60.9 Å². The lowest BCUT2D eigenvalue weighted by Crippen LogP contribution is -2.48. The first kappa shape index (κ1) is 22.7. The molecule has 1 saturated carbocycles. The minimum absolute atomic E-state index is 0.00691. The van der Waals surface area contributed by atoms with Gasteiger partial charge in [0.2, 0.25) is 11.8 Å². The maximum Gasteiger partial charge on any atom is 0.249 e. The highest BCUT2D eigenvalue weighted by atomic mass is 16.2. The lowest BCUT2D eigenvalue weighted by atomic mass is 9.93. The molecule has 1 atom stereocenters. The largest absolute Gasteiger partial charge is 0.351 e. The lowest BCUT2D eigenvalue weighted by Gasteiger charge is -2.34. The molecular formula is C26H31N5O2. The quantitative estimate of drug-likeness (QED) is 0.593. The molecule has 1 heterocycles. The minimum atomic E-state index is -0.786. The number of anilines is 1. The molecule has 1 fully saturated rings. The van der Waals surface area contributed by atoms with Crippen LogP contribution in [0.4, 0.5) is 5.69 Å². The average Bonchev–Trinajstić information content (AvgIpc) is 3.31. The van der Waals surface area contributed by atoms with Gasteiger partial charge in [-0.3, -0.25) is 14.5 Å². The molecule has 1 aromatic heterocycles. The van der Waals surface area contributed by atoms with Crippen LogP contribution in [0.5, 0.6) is 0 Å². The fraction of sp³-hybridized carbons (Fsp3) is 0.385. The van der Waals surface area contributed by atoms with Gasteiger partial charge in [0.25, 0.3) is 0 Å². The summed E-state index contributed by atoms with van der Waals surface area (Å²) in [6.07, 6.45) is 8.59. The molecule has 1 aliphatic carbocycles. The van der Waals surface area contributed by atoms with E-state index in [0.717, 1.165) is 42.4 Å². The zero-order valence-electron chi connectivity index (χ0n) is 19.3. The summed E-state index contributed by atoms with van der Waals surface area (Å²) < 4.78 is 1.49. The van der Waals surface area contributed by atoms with Crippen LogP contribution in [-0.4, -0.2) is 32.9 Å². The molecule has 2 aromatic carbocycles. The zero-order valence-corrected chi connectivity index (χ0v) is 19.3. The van der Waals surface area contributed by atoms with E-state index in [0.29, 0.717) is 5.69 Å². The fourth-order valence-corrected chi connectivity index (χ4v) is 4.56. The maximum absolute atomic E-state index is 13.8. The van der Waals surface area contributed by atoms with Crippen molar-refractivity contribution in [2.45, 2.75) is 64.6 Å². The third-order valence-electron chi connectivity index (χ3n) is 6.26. The molecular weight excluding hydrogens is 414 g/mol. The first-order chi connectivity index (χ1) is 16.0. The van der Waals surface area contributed by atoms with E-state index in [1.807, 2.05) is 62.4 Å². The molecule has 172 valence electrons. The minimum Gasteiger partial charge on any atom is -0.351 e. The van der Waals surface area contributed by atoms with Gasteiger partial charge < -0.3 is 5.32 Å². The van der Waals surface area contributed by atoms with Gasteiger partial charge in [0.05, 0.1) is 6.20 Å². The first-order valence-electron chi connectivity index (χ1n) is 11.6. The van der Waals surface area contributed by atoms with Gasteiger partial charge in [-0.2, -0.15) is 0 Å². The van der Waals surface area contributed by atoms with E-state index in [2.05, 4.69) is 15.6 Å². The van der Waals surface area contributed by atoms with Gasteiger partial charge in [-0.15, -0.1) is 5.10 Å². The Balaban J connectivity index is 1.76. The molecule has 33 heavy (non-hydrogen) atoms. The van der Waals surface area contributed by atoms with E-state index >= 15 is 0 Å². The van der Waals surface area contributed by atoms with E-state index in [9.17, 15) is 9.59 Å². The lowest BCUT2D eigenvalue weighted by molar-refractivity contribution is -0.127. The Morgan fingerprint density at radius 3 is 2.58 bits per heavy atom. The molecule has 2 amide bonds. The van der Waals surface area contributed by atoms with Crippen LogP contribution in [0.2, 0.25) is 0 Å². The van der Waals surface area contributed by atoms with E-state index < -0.39 is 6.04 Å². The Morgan fingerprint density at radius 1 is 1.09 bits per heavy atom. The van der Waals surface area contributed by atoms with Crippen molar-refractivity contribution in [3.8, 4) is 0 Å². The summed E-state index contributed by atoms with van der Waals surface area (Å²) in [4.78, 5) is 29.2. The molecule has 3 aromatic rings.